The fourth-order valence-corrected chi connectivity index (χ4v) is 3.10. The molecule has 2 rings (SSSR count). The molecule has 0 aliphatic carbocycles. The molecule has 19 heavy (non-hydrogen) atoms. The van der Waals surface area contributed by atoms with Gasteiger partial charge in [-0.1, -0.05) is 45.7 Å². The second-order valence-electron chi connectivity index (χ2n) is 4.77. The number of nitrogens with one attached hydrogen (secondary N) is 1. The molecule has 0 radical (unpaired) electrons. The minimum absolute atomic E-state index is 0.147. The third-order valence-corrected chi connectivity index (χ3v) is 4.05. The first kappa shape index (κ1) is 14.6. The molecule has 0 aliphatic rings. The van der Waals surface area contributed by atoms with Crippen LogP contribution in [0.2, 0.25) is 5.02 Å². The SMILES string of the molecule is CNC(c1cc(Cl)cc(Br)c1)c1ccc(C)c(C)c1. The molecule has 0 aliphatic heterocycles. The van der Waals surface area contributed by atoms with Gasteiger partial charge in [0.25, 0.3) is 0 Å². The van der Waals surface area contributed by atoms with E-state index in [0.717, 1.165) is 15.1 Å². The maximum absolute atomic E-state index is 6.14. The Labute approximate surface area is 128 Å². The van der Waals surface area contributed by atoms with Crippen molar-refractivity contribution in [3.05, 3.63) is 68.1 Å². The Kier molecular flexibility index (Phi) is 4.67. The zero-order valence-electron chi connectivity index (χ0n) is 11.3. The van der Waals surface area contributed by atoms with Crippen LogP contribution in [0.1, 0.15) is 28.3 Å². The van der Waals surface area contributed by atoms with E-state index >= 15 is 0 Å². The van der Waals surface area contributed by atoms with Gasteiger partial charge in [-0.25, -0.2) is 0 Å². The fraction of sp³-hybridized carbons (Fsp3) is 0.250. The topological polar surface area (TPSA) is 12.0 Å². The summed E-state index contributed by atoms with van der Waals surface area (Å²) in [5.74, 6) is 0. The fourth-order valence-electron chi connectivity index (χ4n) is 2.21. The quantitative estimate of drug-likeness (QED) is 0.828. The Morgan fingerprint density at radius 3 is 2.32 bits per heavy atom. The summed E-state index contributed by atoms with van der Waals surface area (Å²) in [4.78, 5) is 0. The van der Waals surface area contributed by atoms with Gasteiger partial charge in [0.05, 0.1) is 6.04 Å². The second kappa shape index (κ2) is 6.08. The normalized spacial score (nSPS) is 12.5. The summed E-state index contributed by atoms with van der Waals surface area (Å²) in [6, 6.07) is 12.7. The third-order valence-electron chi connectivity index (χ3n) is 3.37. The smallest absolute Gasteiger partial charge is 0.0575 e. The Hall–Kier alpha value is -0.830. The van der Waals surface area contributed by atoms with Crippen LogP contribution in [-0.4, -0.2) is 7.05 Å². The molecule has 0 aromatic heterocycles. The maximum atomic E-state index is 6.14. The lowest BCUT2D eigenvalue weighted by Gasteiger charge is -2.19. The van der Waals surface area contributed by atoms with Crippen LogP contribution >= 0.6 is 27.5 Å². The van der Waals surface area contributed by atoms with Crippen molar-refractivity contribution in [1.29, 1.82) is 0 Å². The van der Waals surface area contributed by atoms with Crippen LogP contribution in [0.25, 0.3) is 0 Å². The number of halogens is 2. The summed E-state index contributed by atoms with van der Waals surface area (Å²) in [5, 5.41) is 4.10. The molecule has 1 atom stereocenters. The summed E-state index contributed by atoms with van der Waals surface area (Å²) in [6.07, 6.45) is 0. The first-order valence-corrected chi connectivity index (χ1v) is 7.39. The molecular weight excluding hydrogens is 322 g/mol. The molecule has 2 aromatic carbocycles. The van der Waals surface area contributed by atoms with Crippen molar-refractivity contribution in [3.8, 4) is 0 Å². The van der Waals surface area contributed by atoms with Crippen molar-refractivity contribution in [3.63, 3.8) is 0 Å². The summed E-state index contributed by atoms with van der Waals surface area (Å²) >= 11 is 9.63. The predicted molar refractivity (Wildman–Crippen MR) is 86.0 cm³/mol. The van der Waals surface area contributed by atoms with Crippen LogP contribution in [0, 0.1) is 13.8 Å². The zero-order valence-corrected chi connectivity index (χ0v) is 13.6. The molecule has 0 amide bonds. The Bertz CT molecular complexity index is 575. The Balaban J connectivity index is 2.46. The predicted octanol–water partition coefficient (Wildman–Crippen LogP) is 5.03. The highest BCUT2D eigenvalue weighted by Crippen LogP contribution is 2.28. The average molecular weight is 339 g/mol. The molecule has 0 saturated heterocycles. The highest BCUT2D eigenvalue weighted by molar-refractivity contribution is 9.10. The summed E-state index contributed by atoms with van der Waals surface area (Å²) in [5.41, 5.74) is 5.02. The van der Waals surface area contributed by atoms with Gasteiger partial charge in [0.15, 0.2) is 0 Å². The van der Waals surface area contributed by atoms with Gasteiger partial charge in [-0.3, -0.25) is 0 Å². The van der Waals surface area contributed by atoms with Crippen molar-refractivity contribution >= 4 is 27.5 Å². The zero-order chi connectivity index (χ0) is 14.0. The van der Waals surface area contributed by atoms with E-state index in [1.165, 1.54) is 16.7 Å². The van der Waals surface area contributed by atoms with Gasteiger partial charge in [0, 0.05) is 9.50 Å². The molecule has 0 saturated carbocycles. The lowest BCUT2D eigenvalue weighted by atomic mass is 9.96. The first-order valence-electron chi connectivity index (χ1n) is 6.21. The lowest BCUT2D eigenvalue weighted by Crippen LogP contribution is -2.17. The van der Waals surface area contributed by atoms with Crippen LogP contribution in [0.15, 0.2) is 40.9 Å². The van der Waals surface area contributed by atoms with Crippen molar-refractivity contribution < 1.29 is 0 Å². The van der Waals surface area contributed by atoms with Crippen molar-refractivity contribution in [2.24, 2.45) is 0 Å². The second-order valence-corrected chi connectivity index (χ2v) is 6.12. The highest BCUT2D eigenvalue weighted by atomic mass is 79.9. The van der Waals surface area contributed by atoms with E-state index < -0.39 is 0 Å². The number of hydrogen-bond acceptors (Lipinski definition) is 1. The highest BCUT2D eigenvalue weighted by Gasteiger charge is 2.13. The molecule has 1 unspecified atom stereocenters. The van der Waals surface area contributed by atoms with Gasteiger partial charge in [-0.2, -0.15) is 0 Å². The van der Waals surface area contributed by atoms with E-state index in [0.29, 0.717) is 0 Å². The lowest BCUT2D eigenvalue weighted by molar-refractivity contribution is 0.690. The molecule has 1 N–H and O–H groups in total. The van der Waals surface area contributed by atoms with Crippen LogP contribution in [0.4, 0.5) is 0 Å². The molecule has 100 valence electrons. The number of aryl methyl sites for hydroxylation is 2. The largest absolute Gasteiger partial charge is 0.309 e. The first-order chi connectivity index (χ1) is 9.01. The molecule has 0 heterocycles. The average Bonchev–Trinajstić information content (AvgIpc) is 2.33. The summed E-state index contributed by atoms with van der Waals surface area (Å²) in [7, 11) is 1.97. The molecule has 2 aromatic rings. The maximum Gasteiger partial charge on any atom is 0.0575 e. The van der Waals surface area contributed by atoms with Crippen LogP contribution < -0.4 is 5.32 Å². The van der Waals surface area contributed by atoms with E-state index in [1.807, 2.05) is 19.2 Å². The van der Waals surface area contributed by atoms with Crippen molar-refractivity contribution in [2.45, 2.75) is 19.9 Å². The van der Waals surface area contributed by atoms with E-state index in [-0.39, 0.29) is 6.04 Å². The number of benzene rings is 2. The molecule has 0 bridgehead atoms. The summed E-state index contributed by atoms with van der Waals surface area (Å²) < 4.78 is 0.999. The standard InChI is InChI=1S/C16H17BrClN/c1-10-4-5-12(6-11(10)2)16(19-3)13-7-14(17)9-15(18)8-13/h4-9,16,19H,1-3H3. The molecule has 0 fully saturated rings. The van der Waals surface area contributed by atoms with E-state index in [4.69, 9.17) is 11.6 Å². The number of hydrogen-bond donors (Lipinski definition) is 1. The minimum atomic E-state index is 0.147. The Morgan fingerprint density at radius 1 is 1.00 bits per heavy atom. The Morgan fingerprint density at radius 2 is 1.74 bits per heavy atom. The van der Waals surface area contributed by atoms with Gasteiger partial charge in [0.1, 0.15) is 0 Å². The number of rotatable bonds is 3. The van der Waals surface area contributed by atoms with Gasteiger partial charge in [0.2, 0.25) is 0 Å². The van der Waals surface area contributed by atoms with E-state index in [2.05, 4.69) is 59.4 Å². The monoisotopic (exact) mass is 337 g/mol. The van der Waals surface area contributed by atoms with Crippen LogP contribution in [-0.2, 0) is 0 Å². The van der Waals surface area contributed by atoms with Gasteiger partial charge in [-0.15, -0.1) is 0 Å². The molecule has 0 spiro atoms. The van der Waals surface area contributed by atoms with Crippen molar-refractivity contribution in [2.75, 3.05) is 7.05 Å². The van der Waals surface area contributed by atoms with Gasteiger partial charge >= 0.3 is 0 Å². The summed E-state index contributed by atoms with van der Waals surface area (Å²) in [6.45, 7) is 4.27. The van der Waals surface area contributed by atoms with Crippen molar-refractivity contribution in [1.82, 2.24) is 5.32 Å². The minimum Gasteiger partial charge on any atom is -0.309 e. The van der Waals surface area contributed by atoms with Gasteiger partial charge < -0.3 is 5.32 Å². The third kappa shape index (κ3) is 3.38. The van der Waals surface area contributed by atoms with Crippen LogP contribution in [0.3, 0.4) is 0 Å². The van der Waals surface area contributed by atoms with Crippen LogP contribution in [0.5, 0.6) is 0 Å². The molecule has 3 heteroatoms. The van der Waals surface area contributed by atoms with E-state index in [9.17, 15) is 0 Å². The van der Waals surface area contributed by atoms with Gasteiger partial charge in [-0.05, 0) is 61.3 Å². The van der Waals surface area contributed by atoms with E-state index in [1.54, 1.807) is 0 Å². The molecule has 1 nitrogen and oxygen atoms in total. The molecular formula is C16H17BrClN.